The van der Waals surface area contributed by atoms with Gasteiger partial charge in [0.1, 0.15) is 0 Å². The highest BCUT2D eigenvalue weighted by Crippen LogP contribution is 2.46. The Morgan fingerprint density at radius 1 is 1.33 bits per heavy atom. The Labute approximate surface area is 70.0 Å². The Balaban J connectivity index is 1.76. The van der Waals surface area contributed by atoms with E-state index in [0.29, 0.717) is 19.5 Å². The zero-order chi connectivity index (χ0) is 8.82. The van der Waals surface area contributed by atoms with Crippen molar-refractivity contribution in [3.05, 3.63) is 0 Å². The van der Waals surface area contributed by atoms with Crippen molar-refractivity contribution < 1.29 is 13.9 Å². The molecular weight excluding hydrogens is 164 g/mol. The minimum atomic E-state index is -2.45. The van der Waals surface area contributed by atoms with Crippen molar-refractivity contribution in [1.29, 1.82) is 0 Å². The fourth-order valence-electron chi connectivity index (χ4n) is 2.02. The predicted octanol–water partition coefficient (Wildman–Crippen LogP) is 0.756. The van der Waals surface area contributed by atoms with Crippen LogP contribution < -0.4 is 5.32 Å². The standard InChI is InChI=1S/C8H13F2NO/c9-8(10)2-6(3-8)1-7(12)4-11-5-7/h6,11-12H,1-5H2. The first-order valence-electron chi connectivity index (χ1n) is 4.30. The topological polar surface area (TPSA) is 32.3 Å². The number of halogens is 2. The van der Waals surface area contributed by atoms with Crippen LogP contribution in [0.25, 0.3) is 0 Å². The molecule has 1 saturated carbocycles. The van der Waals surface area contributed by atoms with Gasteiger partial charge in [-0.15, -0.1) is 0 Å². The molecule has 0 bridgehead atoms. The van der Waals surface area contributed by atoms with Crippen molar-refractivity contribution in [2.24, 2.45) is 5.92 Å². The van der Waals surface area contributed by atoms with Crippen molar-refractivity contribution in [3.8, 4) is 0 Å². The van der Waals surface area contributed by atoms with Crippen molar-refractivity contribution in [2.75, 3.05) is 13.1 Å². The molecule has 1 aliphatic carbocycles. The van der Waals surface area contributed by atoms with E-state index in [-0.39, 0.29) is 18.8 Å². The Hall–Kier alpha value is -0.220. The van der Waals surface area contributed by atoms with E-state index in [1.54, 1.807) is 0 Å². The maximum atomic E-state index is 12.4. The first-order valence-corrected chi connectivity index (χ1v) is 4.30. The molecule has 2 aliphatic rings. The average molecular weight is 177 g/mol. The van der Waals surface area contributed by atoms with Crippen LogP contribution in [0.3, 0.4) is 0 Å². The van der Waals surface area contributed by atoms with Crippen LogP contribution in [-0.2, 0) is 0 Å². The summed E-state index contributed by atoms with van der Waals surface area (Å²) < 4.78 is 24.8. The van der Waals surface area contributed by atoms with E-state index in [4.69, 9.17) is 0 Å². The SMILES string of the molecule is OC1(CC2CC(F)(F)C2)CNC1. The van der Waals surface area contributed by atoms with Crippen molar-refractivity contribution >= 4 is 0 Å². The van der Waals surface area contributed by atoms with E-state index in [9.17, 15) is 13.9 Å². The summed E-state index contributed by atoms with van der Waals surface area (Å²) in [5.74, 6) is -2.41. The number of alkyl halides is 2. The molecule has 0 atom stereocenters. The van der Waals surface area contributed by atoms with Crippen LogP contribution in [0.15, 0.2) is 0 Å². The fraction of sp³-hybridized carbons (Fsp3) is 1.00. The van der Waals surface area contributed by atoms with Gasteiger partial charge < -0.3 is 10.4 Å². The molecule has 2 nitrogen and oxygen atoms in total. The summed E-state index contributed by atoms with van der Waals surface area (Å²) in [5.41, 5.74) is -0.679. The van der Waals surface area contributed by atoms with E-state index in [2.05, 4.69) is 5.32 Å². The van der Waals surface area contributed by atoms with Gasteiger partial charge in [-0.3, -0.25) is 0 Å². The Morgan fingerprint density at radius 2 is 1.92 bits per heavy atom. The van der Waals surface area contributed by atoms with E-state index >= 15 is 0 Å². The smallest absolute Gasteiger partial charge is 0.248 e. The third-order valence-electron chi connectivity index (χ3n) is 2.75. The van der Waals surface area contributed by atoms with Crippen LogP contribution in [0.1, 0.15) is 19.3 Å². The van der Waals surface area contributed by atoms with Gasteiger partial charge in [0, 0.05) is 25.9 Å². The van der Waals surface area contributed by atoms with Gasteiger partial charge in [0.2, 0.25) is 5.92 Å². The molecular formula is C8H13F2NO. The Kier molecular flexibility index (Phi) is 1.67. The maximum absolute atomic E-state index is 12.4. The molecule has 2 N–H and O–H groups in total. The van der Waals surface area contributed by atoms with Gasteiger partial charge in [-0.05, 0) is 12.3 Å². The molecule has 2 rings (SSSR count). The van der Waals surface area contributed by atoms with Crippen molar-refractivity contribution in [1.82, 2.24) is 5.32 Å². The summed E-state index contributed by atoms with van der Waals surface area (Å²) in [5, 5.41) is 12.5. The van der Waals surface area contributed by atoms with E-state index in [1.165, 1.54) is 0 Å². The molecule has 2 fully saturated rings. The van der Waals surface area contributed by atoms with E-state index in [0.717, 1.165) is 0 Å². The molecule has 0 aromatic carbocycles. The summed E-state index contributed by atoms with van der Waals surface area (Å²) >= 11 is 0. The van der Waals surface area contributed by atoms with Gasteiger partial charge in [0.15, 0.2) is 0 Å². The Bertz CT molecular complexity index is 183. The third kappa shape index (κ3) is 1.45. The number of hydrogen-bond donors (Lipinski definition) is 2. The third-order valence-corrected chi connectivity index (χ3v) is 2.75. The number of nitrogens with one attached hydrogen (secondary N) is 1. The summed E-state index contributed by atoms with van der Waals surface area (Å²) in [4.78, 5) is 0. The molecule has 0 radical (unpaired) electrons. The lowest BCUT2D eigenvalue weighted by Gasteiger charge is -2.44. The van der Waals surface area contributed by atoms with Crippen LogP contribution in [0, 0.1) is 5.92 Å². The lowest BCUT2D eigenvalue weighted by molar-refractivity contribution is -0.137. The molecule has 0 aromatic rings. The lowest BCUT2D eigenvalue weighted by Crippen LogP contribution is -2.61. The van der Waals surface area contributed by atoms with Crippen molar-refractivity contribution in [2.45, 2.75) is 30.8 Å². The quantitative estimate of drug-likeness (QED) is 0.652. The molecule has 0 spiro atoms. The zero-order valence-corrected chi connectivity index (χ0v) is 6.82. The van der Waals surface area contributed by atoms with Crippen LogP contribution >= 0.6 is 0 Å². The number of rotatable bonds is 2. The minimum Gasteiger partial charge on any atom is -0.387 e. The van der Waals surface area contributed by atoms with E-state index in [1.807, 2.05) is 0 Å². The van der Waals surface area contributed by atoms with Crippen LogP contribution in [0.4, 0.5) is 8.78 Å². The van der Waals surface area contributed by atoms with Gasteiger partial charge >= 0.3 is 0 Å². The van der Waals surface area contributed by atoms with Crippen LogP contribution in [0.2, 0.25) is 0 Å². The molecule has 0 unspecified atom stereocenters. The normalized spacial score (nSPS) is 32.2. The van der Waals surface area contributed by atoms with Gasteiger partial charge in [-0.25, -0.2) is 8.78 Å². The minimum absolute atomic E-state index is 0.0324. The molecule has 1 heterocycles. The molecule has 0 amide bonds. The summed E-state index contributed by atoms with van der Waals surface area (Å²) in [7, 11) is 0. The highest BCUT2D eigenvalue weighted by Gasteiger charge is 2.49. The molecule has 0 aromatic heterocycles. The molecule has 1 aliphatic heterocycles. The second-order valence-corrected chi connectivity index (χ2v) is 4.16. The fourth-order valence-corrected chi connectivity index (χ4v) is 2.02. The zero-order valence-electron chi connectivity index (χ0n) is 6.82. The largest absolute Gasteiger partial charge is 0.387 e. The second-order valence-electron chi connectivity index (χ2n) is 4.16. The first-order chi connectivity index (χ1) is 5.49. The number of aliphatic hydroxyl groups is 1. The molecule has 70 valence electrons. The van der Waals surface area contributed by atoms with Crippen LogP contribution in [-0.4, -0.2) is 29.7 Å². The monoisotopic (exact) mass is 177 g/mol. The lowest BCUT2D eigenvalue weighted by atomic mass is 9.73. The Morgan fingerprint density at radius 3 is 2.25 bits per heavy atom. The summed E-state index contributed by atoms with van der Waals surface area (Å²) in [6.07, 6.45) is 0.472. The van der Waals surface area contributed by atoms with Gasteiger partial charge in [0.25, 0.3) is 0 Å². The van der Waals surface area contributed by atoms with Crippen LogP contribution in [0.5, 0.6) is 0 Å². The number of β-amino-alcohol motifs (C(OH)–C–C–N with tert-alkyl or cyclic N) is 1. The maximum Gasteiger partial charge on any atom is 0.248 e. The molecule has 1 saturated heterocycles. The summed E-state index contributed by atoms with van der Waals surface area (Å²) in [6, 6.07) is 0. The molecule has 4 heteroatoms. The van der Waals surface area contributed by atoms with Gasteiger partial charge in [-0.1, -0.05) is 0 Å². The highest BCUT2D eigenvalue weighted by molar-refractivity contribution is 4.98. The van der Waals surface area contributed by atoms with Crippen molar-refractivity contribution in [3.63, 3.8) is 0 Å². The predicted molar refractivity (Wildman–Crippen MR) is 40.1 cm³/mol. The highest BCUT2D eigenvalue weighted by atomic mass is 19.3. The second kappa shape index (κ2) is 2.39. The molecule has 12 heavy (non-hydrogen) atoms. The first kappa shape index (κ1) is 8.38. The van der Waals surface area contributed by atoms with Gasteiger partial charge in [-0.2, -0.15) is 0 Å². The summed E-state index contributed by atoms with van der Waals surface area (Å²) in [6.45, 7) is 1.13. The number of hydrogen-bond acceptors (Lipinski definition) is 2. The van der Waals surface area contributed by atoms with E-state index < -0.39 is 11.5 Å². The van der Waals surface area contributed by atoms with Gasteiger partial charge in [0.05, 0.1) is 5.60 Å². The average Bonchev–Trinajstić information content (AvgIpc) is 1.80.